The summed E-state index contributed by atoms with van der Waals surface area (Å²) in [6, 6.07) is 26.0. The Morgan fingerprint density at radius 1 is 0.578 bits per heavy atom. The number of hydrogen-bond donors (Lipinski definition) is 3. The van der Waals surface area contributed by atoms with Crippen molar-refractivity contribution in [3.8, 4) is 103 Å². The number of amides is 1. The molecule has 4 unspecified atom stereocenters. The third kappa shape index (κ3) is 29.9. The van der Waals surface area contributed by atoms with Crippen LogP contribution < -0.4 is 85.8 Å². The number of nitro benzene ring substituents is 2. The van der Waals surface area contributed by atoms with Crippen molar-refractivity contribution in [2.45, 2.75) is 193 Å². The molecule has 1 fully saturated rings. The maximum absolute atomic E-state index is 12.8. The van der Waals surface area contributed by atoms with Gasteiger partial charge in [0, 0.05) is 89.0 Å². The van der Waals surface area contributed by atoms with Gasteiger partial charge in [0.2, 0.25) is 56.3 Å². The largest absolute Gasteiger partial charge is 0.508 e. The van der Waals surface area contributed by atoms with Crippen molar-refractivity contribution in [1.82, 2.24) is 4.90 Å². The topological polar surface area (TPSA) is 469 Å². The van der Waals surface area contributed by atoms with E-state index in [1.807, 2.05) is 71.0 Å². The average molecular weight is 1920 g/mol. The molecule has 7 aliphatic rings. The molecular formula is C94H112N4O35S2. The number of thioether (sulfide) groups is 1. The van der Waals surface area contributed by atoms with Gasteiger partial charge in [-0.2, -0.15) is 12.6 Å². The molecule has 1 amide bonds. The Hall–Kier alpha value is -13.7. The molecule has 0 spiro atoms. The minimum atomic E-state index is -1.38. The highest BCUT2D eigenvalue weighted by Crippen LogP contribution is 2.48. The van der Waals surface area contributed by atoms with E-state index in [1.54, 1.807) is 59.9 Å². The molecule has 0 saturated carbocycles. The molecule has 41 heteroatoms. The Kier molecular flexibility index (Phi) is 37.5. The maximum atomic E-state index is 12.8. The fourth-order valence-electron chi connectivity index (χ4n) is 12.7. The molecule has 2 N–H and O–H groups in total. The number of ketones is 1. The number of fused-ring (bicyclic) bond motifs is 6. The first kappa shape index (κ1) is 105. The molecule has 0 bridgehead atoms. The first-order valence-corrected chi connectivity index (χ1v) is 44.8. The molecule has 730 valence electrons. The summed E-state index contributed by atoms with van der Waals surface area (Å²) >= 11 is 5.61. The molecule has 135 heavy (non-hydrogen) atoms. The number of aromatic hydroxyl groups is 1. The molecule has 7 aromatic rings. The molecule has 7 aliphatic heterocycles. The van der Waals surface area contributed by atoms with Crippen molar-refractivity contribution < 1.29 is 158 Å². The highest BCUT2D eigenvalue weighted by Gasteiger charge is 2.40. The highest BCUT2D eigenvalue weighted by atomic mass is 32.2. The number of nitrogens with zero attached hydrogens (tertiary/aromatic N) is 3. The number of nitro groups is 2. The van der Waals surface area contributed by atoms with E-state index in [0.717, 1.165) is 60.4 Å². The molecule has 7 aromatic carbocycles. The number of esters is 6. The number of rotatable bonds is 32. The second kappa shape index (κ2) is 48.3. The van der Waals surface area contributed by atoms with Crippen LogP contribution in [0.3, 0.4) is 0 Å². The van der Waals surface area contributed by atoms with E-state index in [2.05, 4.69) is 31.8 Å². The first-order chi connectivity index (χ1) is 64.0. The third-order valence-electron chi connectivity index (χ3n) is 20.3. The van der Waals surface area contributed by atoms with Crippen molar-refractivity contribution in [2.24, 2.45) is 23.7 Å². The van der Waals surface area contributed by atoms with Gasteiger partial charge in [-0.3, -0.25) is 58.7 Å². The number of anilines is 1. The lowest BCUT2D eigenvalue weighted by Crippen LogP contribution is -2.40. The number of hydrogen-bond acceptors (Lipinski definition) is 38. The van der Waals surface area contributed by atoms with Crippen LogP contribution in [0.25, 0.3) is 0 Å². The number of phenolic OH excluding ortho intramolecular Hbond substituents is 1. The summed E-state index contributed by atoms with van der Waals surface area (Å²) in [6.45, 7) is 30.4. The maximum Gasteiger partial charge on any atom is 0.349 e. The molecule has 6 atom stereocenters. The molecule has 0 aliphatic carbocycles. The van der Waals surface area contributed by atoms with Crippen LogP contribution in [0.1, 0.15) is 162 Å². The lowest BCUT2D eigenvalue weighted by molar-refractivity contribution is -0.386. The zero-order chi connectivity index (χ0) is 98.9. The zero-order valence-corrected chi connectivity index (χ0v) is 79.8. The van der Waals surface area contributed by atoms with Gasteiger partial charge in [0.1, 0.15) is 23.0 Å². The van der Waals surface area contributed by atoms with Crippen LogP contribution in [0.5, 0.6) is 103 Å². The van der Waals surface area contributed by atoms with Crippen LogP contribution in [0, 0.1) is 64.7 Å². The first-order valence-electron chi connectivity index (χ1n) is 43.0. The Labute approximate surface area is 788 Å². The number of phenols is 1. The number of Topliss-reactive ketones (excluding diaryl/α,β-unsaturated/α-hetero) is 1. The molecule has 0 radical (unpaired) electrons. The fraction of sp³-hybridized carbons (Fsp3) is 0.457. The zero-order valence-electron chi connectivity index (χ0n) is 78.1. The Morgan fingerprint density at radius 2 is 1.04 bits per heavy atom. The van der Waals surface area contributed by atoms with Gasteiger partial charge in [-0.1, -0.05) is 72.6 Å². The van der Waals surface area contributed by atoms with Crippen LogP contribution in [0.15, 0.2) is 97.1 Å². The van der Waals surface area contributed by atoms with E-state index < -0.39 is 75.3 Å². The molecule has 39 nitrogen and oxygen atoms in total. The van der Waals surface area contributed by atoms with Gasteiger partial charge in [0.25, 0.3) is 12.4 Å². The molecule has 14 rings (SSSR count). The van der Waals surface area contributed by atoms with Crippen LogP contribution >= 0.6 is 24.4 Å². The lowest BCUT2D eigenvalue weighted by Gasteiger charge is -2.24. The SMILES string of the molecule is CC(=O)Oc1cc2c(cc1C(=O)N1CSCC1OC=O)OCO2.CC(=O)Oc1cc2c(cc1[N+](=O)[O-])OC(CCOC(=O)C(C)C)O2.CC(C)COC(=O)C(C)(C)Oc1cc2c(cc1[N+](=O)[O-])OCO2.CC[C@@H](C)CC1Oc2cc(NC)c(OC(C)=O)cc2O1.Cc1cc2c(cc1CCC(=O)[C@@H](C)CS)OCO2.Cc1ccc(OC(C)(C)C(=O)OCCC2Oc3cc(C)c(O)cc3O2)cc1. The normalized spacial score (nSPS) is 15.8. The summed E-state index contributed by atoms with van der Waals surface area (Å²) in [7, 11) is 1.77. The van der Waals surface area contributed by atoms with E-state index in [4.69, 9.17) is 99.5 Å². The predicted octanol–water partition coefficient (Wildman–Crippen LogP) is 15.7. The van der Waals surface area contributed by atoms with Crippen molar-refractivity contribution in [2.75, 3.05) is 69.9 Å². The van der Waals surface area contributed by atoms with Gasteiger partial charge in [0.15, 0.2) is 86.6 Å². The lowest BCUT2D eigenvalue weighted by atomic mass is 9.98. The van der Waals surface area contributed by atoms with Crippen molar-refractivity contribution in [3.05, 3.63) is 145 Å². The van der Waals surface area contributed by atoms with Gasteiger partial charge >= 0.3 is 47.2 Å². The number of carbonyl (C=O) groups is 9. The monoisotopic (exact) mass is 1920 g/mol. The van der Waals surface area contributed by atoms with Gasteiger partial charge in [-0.05, 0) is 119 Å². The Bertz CT molecular complexity index is 5400. The summed E-state index contributed by atoms with van der Waals surface area (Å²) in [5.41, 5.74) is 1.76. The summed E-state index contributed by atoms with van der Waals surface area (Å²) in [5, 5.41) is 35.0. The van der Waals surface area contributed by atoms with Crippen LogP contribution in [-0.4, -0.2) is 175 Å². The van der Waals surface area contributed by atoms with E-state index in [-0.39, 0.29) is 140 Å². The second-order valence-corrected chi connectivity index (χ2v) is 34.4. The van der Waals surface area contributed by atoms with Crippen molar-refractivity contribution in [1.29, 1.82) is 0 Å². The fourth-order valence-corrected chi connectivity index (χ4v) is 14.0. The van der Waals surface area contributed by atoms with Crippen LogP contribution in [0.4, 0.5) is 17.1 Å². The van der Waals surface area contributed by atoms with Crippen LogP contribution in [-0.2, 0) is 63.7 Å². The minimum absolute atomic E-state index is 0.0181. The van der Waals surface area contributed by atoms with Gasteiger partial charge < -0.3 is 110 Å². The summed E-state index contributed by atoms with van der Waals surface area (Å²) in [4.78, 5) is 127. The average Bonchev–Trinajstić information content (AvgIpc) is 1.64. The Balaban J connectivity index is 0.000000183. The number of benzene rings is 7. The van der Waals surface area contributed by atoms with Gasteiger partial charge in [-0.15, -0.1) is 11.8 Å². The number of aryl methyl sites for hydroxylation is 4. The quantitative estimate of drug-likeness (QED) is 0.00670. The molecule has 7 heterocycles. The van der Waals surface area contributed by atoms with E-state index in [0.29, 0.717) is 106 Å². The van der Waals surface area contributed by atoms with Crippen molar-refractivity contribution in [3.63, 3.8) is 0 Å². The highest BCUT2D eigenvalue weighted by molar-refractivity contribution is 7.99. The molecule has 0 aromatic heterocycles. The number of ether oxygens (including phenoxy) is 21. The van der Waals surface area contributed by atoms with E-state index in [9.17, 15) is 68.5 Å². The second-order valence-electron chi connectivity index (χ2n) is 33.0. The van der Waals surface area contributed by atoms with Crippen molar-refractivity contribution >= 4 is 95.4 Å². The van der Waals surface area contributed by atoms with Crippen LogP contribution in [0.2, 0.25) is 0 Å². The van der Waals surface area contributed by atoms with E-state index in [1.165, 1.54) is 80.8 Å². The smallest absolute Gasteiger partial charge is 0.349 e. The number of thiol groups is 1. The molecule has 1 saturated heterocycles. The number of carbonyl (C=O) groups excluding carboxylic acids is 9. The standard InChI is InChI=1S/C21H24O6.C15H17NO8.C15H19NO7.C15H21NO4.C14H13NO7S.C14H18O3S/c1-13-5-7-15(8-6-13)27-21(3,4)20(23)24-10-9-19-25-17-11-14(2)16(22)12-18(17)26-19;1-8(2)15(18)21-5-4-14-23-12-6-10(16(19)20)11(22-9(3)17)7-13(12)24-14;1-9(2)7-20-14(17)15(3,4)23-11-6-13-12(21-8-22-13)5-10(11)16(18)19;1-5-9(2)6-15-19-13-7-11(16-4)12(18-10(3)17)8-14(13)20-15;1-8(17)22-10-3-12-11(20-7-21-12)2-9(10)14(18)15-5-23-4-13(15)19-6-16;1-9-5-13-14(17-8-16-13)6-11(9)3-4-12(15)10(2)7-18/h5-8,11-12,19,22H,9-10H2,1-4H3;6-8,14H,4-5H2,1-3H3;5-6,9H,7-8H2,1-4H3;7-9,15-16H,5-6H2,1-4H3;2-3,6,13H,4-5,7H2,1H3;5-6,10,18H,3-4,7-8H2,1-2H3/t;;;9-,15?;;10-/m...1.0/s1. The molecular weight excluding hydrogens is 1810 g/mol. The minimum Gasteiger partial charge on any atom is -0.508 e. The predicted molar refractivity (Wildman–Crippen MR) is 487 cm³/mol. The summed E-state index contributed by atoms with van der Waals surface area (Å²) < 4.78 is 112. The van der Waals surface area contributed by atoms with E-state index >= 15 is 0 Å². The number of nitrogens with one attached hydrogen (secondary N) is 1. The van der Waals surface area contributed by atoms with Gasteiger partial charge in [0.05, 0.1) is 83.4 Å². The van der Waals surface area contributed by atoms with Gasteiger partial charge in [-0.25, -0.2) is 9.59 Å². The third-order valence-corrected chi connectivity index (χ3v) is 21.8. The summed E-state index contributed by atoms with van der Waals surface area (Å²) in [5.74, 6) is 5.50. The Morgan fingerprint density at radius 3 is 1.59 bits per heavy atom. The summed E-state index contributed by atoms with van der Waals surface area (Å²) in [6.07, 6.45) is 1.62.